The Hall–Kier alpha value is -3.27. The van der Waals surface area contributed by atoms with Crippen molar-refractivity contribution < 1.29 is 23.6 Å². The average Bonchev–Trinajstić information content (AvgIpc) is 3.32. The van der Waals surface area contributed by atoms with E-state index < -0.39 is 12.6 Å². The highest BCUT2D eigenvalue weighted by Gasteiger charge is 2.21. The number of amides is 1. The van der Waals surface area contributed by atoms with E-state index in [4.69, 9.17) is 9.26 Å². The minimum absolute atomic E-state index is 0.0325. The Morgan fingerprint density at radius 1 is 1.25 bits per heavy atom. The summed E-state index contributed by atoms with van der Waals surface area (Å²) in [6.45, 7) is 6.33. The molecule has 28 heavy (non-hydrogen) atoms. The molecule has 0 fully saturated rings. The number of aryl methyl sites for hydroxylation is 2. The highest BCUT2D eigenvalue weighted by molar-refractivity contribution is 7.14. The first-order valence-corrected chi connectivity index (χ1v) is 9.20. The monoisotopic (exact) mass is 402 g/mol. The summed E-state index contributed by atoms with van der Waals surface area (Å²) < 4.78 is 12.0. The van der Waals surface area contributed by atoms with E-state index in [1.807, 2.05) is 6.92 Å². The molecule has 0 aliphatic carbocycles. The van der Waals surface area contributed by atoms with E-state index in [-0.39, 0.29) is 22.5 Å². The SMILES string of the molecule is CC(=O)Nc1nc(C(=O)OCC(=O)c2cc(C)n(-c3cc(C)on3)c2C)cs1. The minimum Gasteiger partial charge on any atom is -0.453 e. The number of esters is 1. The van der Waals surface area contributed by atoms with E-state index in [1.165, 1.54) is 12.3 Å². The van der Waals surface area contributed by atoms with Crippen molar-refractivity contribution in [3.05, 3.63) is 45.9 Å². The highest BCUT2D eigenvalue weighted by atomic mass is 32.1. The lowest BCUT2D eigenvalue weighted by atomic mass is 10.1. The maximum absolute atomic E-state index is 12.5. The van der Waals surface area contributed by atoms with E-state index in [2.05, 4.69) is 15.5 Å². The lowest BCUT2D eigenvalue weighted by Crippen LogP contribution is -2.15. The first kappa shape index (κ1) is 19.5. The molecule has 3 aromatic heterocycles. The Bertz CT molecular complexity index is 1060. The van der Waals surface area contributed by atoms with Gasteiger partial charge < -0.3 is 14.6 Å². The highest BCUT2D eigenvalue weighted by Crippen LogP contribution is 2.21. The number of aromatic nitrogens is 3. The van der Waals surface area contributed by atoms with Crippen molar-refractivity contribution in [1.82, 2.24) is 14.7 Å². The van der Waals surface area contributed by atoms with Crippen molar-refractivity contribution in [2.45, 2.75) is 27.7 Å². The number of rotatable bonds is 6. The molecule has 146 valence electrons. The fourth-order valence-electron chi connectivity index (χ4n) is 2.71. The summed E-state index contributed by atoms with van der Waals surface area (Å²) in [6.07, 6.45) is 0. The van der Waals surface area contributed by atoms with Gasteiger partial charge >= 0.3 is 5.97 Å². The summed E-state index contributed by atoms with van der Waals surface area (Å²) in [7, 11) is 0. The molecule has 0 aliphatic heterocycles. The Morgan fingerprint density at radius 2 is 2.00 bits per heavy atom. The summed E-state index contributed by atoms with van der Waals surface area (Å²) in [5.41, 5.74) is 1.95. The molecule has 3 heterocycles. The molecule has 0 aliphatic rings. The second kappa shape index (κ2) is 7.77. The fourth-order valence-corrected chi connectivity index (χ4v) is 3.44. The molecular formula is C18H18N4O5S. The first-order valence-electron chi connectivity index (χ1n) is 8.32. The van der Waals surface area contributed by atoms with Crippen LogP contribution in [-0.4, -0.2) is 39.0 Å². The maximum atomic E-state index is 12.5. The number of nitrogens with zero attached hydrogens (tertiary/aromatic N) is 3. The standard InChI is InChI=1S/C18H18N4O5S/c1-9-5-13(11(3)22(9)16-6-10(2)27-21-16)15(24)7-26-17(25)14-8-28-18(20-14)19-12(4)23/h5-6,8H,7H2,1-4H3,(H,19,20,23). The third-order valence-corrected chi connectivity index (χ3v) is 4.66. The molecule has 0 aromatic carbocycles. The topological polar surface area (TPSA) is 116 Å². The molecule has 0 spiro atoms. The smallest absolute Gasteiger partial charge is 0.358 e. The Balaban J connectivity index is 1.69. The van der Waals surface area contributed by atoms with Crippen LogP contribution < -0.4 is 5.32 Å². The van der Waals surface area contributed by atoms with Crippen LogP contribution in [0.2, 0.25) is 0 Å². The van der Waals surface area contributed by atoms with E-state index in [0.29, 0.717) is 22.8 Å². The van der Waals surface area contributed by atoms with Gasteiger partial charge in [-0.1, -0.05) is 5.16 Å². The lowest BCUT2D eigenvalue weighted by Gasteiger charge is -2.05. The van der Waals surface area contributed by atoms with Gasteiger partial charge in [0.25, 0.3) is 0 Å². The number of anilines is 1. The van der Waals surface area contributed by atoms with Gasteiger partial charge in [0.15, 0.2) is 23.3 Å². The first-order chi connectivity index (χ1) is 13.3. The predicted octanol–water partition coefficient (Wildman–Crippen LogP) is 2.85. The van der Waals surface area contributed by atoms with Crippen LogP contribution in [0.15, 0.2) is 22.0 Å². The van der Waals surface area contributed by atoms with Gasteiger partial charge in [-0.15, -0.1) is 11.3 Å². The Kier molecular flexibility index (Phi) is 5.41. The van der Waals surface area contributed by atoms with Crippen LogP contribution in [0.3, 0.4) is 0 Å². The summed E-state index contributed by atoms with van der Waals surface area (Å²) >= 11 is 1.10. The number of hydrogen-bond acceptors (Lipinski definition) is 8. The number of carbonyl (C=O) groups is 3. The normalized spacial score (nSPS) is 10.7. The number of Topliss-reactive ketones (excluding diaryl/α,β-unsaturated/α-hetero) is 1. The zero-order valence-electron chi connectivity index (χ0n) is 15.7. The fraction of sp³-hybridized carbons (Fsp3) is 0.278. The number of carbonyl (C=O) groups excluding carboxylic acids is 3. The van der Waals surface area contributed by atoms with Gasteiger partial charge in [-0.05, 0) is 26.8 Å². The maximum Gasteiger partial charge on any atom is 0.358 e. The number of thiazole rings is 1. The molecule has 0 radical (unpaired) electrons. The molecule has 10 heteroatoms. The molecule has 0 atom stereocenters. The van der Waals surface area contributed by atoms with Crippen LogP contribution in [0.5, 0.6) is 0 Å². The van der Waals surface area contributed by atoms with Gasteiger partial charge in [-0.3, -0.25) is 14.2 Å². The largest absolute Gasteiger partial charge is 0.453 e. The Morgan fingerprint density at radius 3 is 2.64 bits per heavy atom. The van der Waals surface area contributed by atoms with Gasteiger partial charge in [-0.25, -0.2) is 9.78 Å². The molecular weight excluding hydrogens is 384 g/mol. The zero-order valence-corrected chi connectivity index (χ0v) is 16.5. The van der Waals surface area contributed by atoms with Crippen molar-refractivity contribution in [3.8, 4) is 5.82 Å². The third kappa shape index (κ3) is 4.01. The molecule has 3 aromatic rings. The molecule has 3 rings (SSSR count). The second-order valence-electron chi connectivity index (χ2n) is 6.13. The van der Waals surface area contributed by atoms with E-state index >= 15 is 0 Å². The molecule has 1 N–H and O–H groups in total. The molecule has 0 unspecified atom stereocenters. The predicted molar refractivity (Wildman–Crippen MR) is 101 cm³/mol. The molecule has 0 bridgehead atoms. The van der Waals surface area contributed by atoms with Crippen LogP contribution in [-0.2, 0) is 9.53 Å². The number of hydrogen-bond donors (Lipinski definition) is 1. The van der Waals surface area contributed by atoms with E-state index in [9.17, 15) is 14.4 Å². The van der Waals surface area contributed by atoms with E-state index in [1.54, 1.807) is 30.5 Å². The molecule has 1 amide bonds. The van der Waals surface area contributed by atoms with Crippen molar-refractivity contribution in [2.75, 3.05) is 11.9 Å². The second-order valence-corrected chi connectivity index (χ2v) is 6.99. The van der Waals surface area contributed by atoms with Gasteiger partial charge in [0, 0.05) is 35.3 Å². The van der Waals surface area contributed by atoms with Crippen LogP contribution in [0.1, 0.15) is 44.9 Å². The van der Waals surface area contributed by atoms with Crippen molar-refractivity contribution in [2.24, 2.45) is 0 Å². The quantitative estimate of drug-likeness (QED) is 0.498. The Labute approximate surface area is 164 Å². The van der Waals surface area contributed by atoms with Crippen LogP contribution in [0.25, 0.3) is 5.82 Å². The third-order valence-electron chi connectivity index (χ3n) is 3.91. The van der Waals surface area contributed by atoms with Gasteiger partial charge in [-0.2, -0.15) is 0 Å². The van der Waals surface area contributed by atoms with Crippen LogP contribution in [0, 0.1) is 20.8 Å². The zero-order chi connectivity index (χ0) is 20.4. The molecule has 0 saturated carbocycles. The number of ether oxygens (including phenoxy) is 1. The number of ketones is 1. The van der Waals surface area contributed by atoms with Crippen molar-refractivity contribution >= 4 is 34.1 Å². The van der Waals surface area contributed by atoms with Gasteiger partial charge in [0.1, 0.15) is 5.76 Å². The van der Waals surface area contributed by atoms with Crippen molar-refractivity contribution in [3.63, 3.8) is 0 Å². The number of nitrogens with one attached hydrogen (secondary N) is 1. The summed E-state index contributed by atoms with van der Waals surface area (Å²) in [5.74, 6) is -0.128. The van der Waals surface area contributed by atoms with Crippen molar-refractivity contribution in [1.29, 1.82) is 0 Å². The molecule has 0 saturated heterocycles. The van der Waals surface area contributed by atoms with E-state index in [0.717, 1.165) is 17.0 Å². The van der Waals surface area contributed by atoms with Gasteiger partial charge in [0.2, 0.25) is 11.7 Å². The summed E-state index contributed by atoms with van der Waals surface area (Å²) in [4.78, 5) is 39.6. The minimum atomic E-state index is -0.734. The van der Waals surface area contributed by atoms with Gasteiger partial charge in [0.05, 0.1) is 0 Å². The summed E-state index contributed by atoms with van der Waals surface area (Å²) in [5, 5.41) is 8.20. The molecule has 9 nitrogen and oxygen atoms in total. The summed E-state index contributed by atoms with van der Waals surface area (Å²) in [6, 6.07) is 3.48. The average molecular weight is 402 g/mol. The van der Waals surface area contributed by atoms with Crippen LogP contribution in [0.4, 0.5) is 5.13 Å². The lowest BCUT2D eigenvalue weighted by molar-refractivity contribution is -0.114. The van der Waals surface area contributed by atoms with Crippen LogP contribution >= 0.6 is 11.3 Å².